The van der Waals surface area contributed by atoms with Crippen molar-refractivity contribution in [3.05, 3.63) is 70.9 Å². The molecule has 1 aliphatic heterocycles. The Morgan fingerprint density at radius 1 is 1.30 bits per heavy atom. The van der Waals surface area contributed by atoms with Gasteiger partial charge >= 0.3 is 16.2 Å². The van der Waals surface area contributed by atoms with Crippen molar-refractivity contribution in [3.8, 4) is 0 Å². The minimum absolute atomic E-state index is 0.000362. The number of ether oxygens (including phenoxy) is 1. The van der Waals surface area contributed by atoms with Crippen molar-refractivity contribution < 1.29 is 17.9 Å². The molecule has 146 valence electrons. The van der Waals surface area contributed by atoms with Crippen LogP contribution in [-0.4, -0.2) is 43.2 Å². The van der Waals surface area contributed by atoms with Gasteiger partial charge in [-0.1, -0.05) is 48.0 Å². The van der Waals surface area contributed by atoms with E-state index in [9.17, 15) is 13.2 Å². The first kappa shape index (κ1) is 21.5. The molecule has 6 nitrogen and oxygen atoms in total. The second-order valence-corrected chi connectivity index (χ2v) is 8.54. The summed E-state index contributed by atoms with van der Waals surface area (Å²) in [6, 6.07) is 3.72. The van der Waals surface area contributed by atoms with Gasteiger partial charge in [0.2, 0.25) is 0 Å². The van der Waals surface area contributed by atoms with Gasteiger partial charge in [0, 0.05) is 29.8 Å². The average Bonchev–Trinajstić information content (AvgIpc) is 2.61. The van der Waals surface area contributed by atoms with Crippen molar-refractivity contribution in [2.75, 3.05) is 20.2 Å². The first-order valence-corrected chi connectivity index (χ1v) is 10.2. The van der Waals surface area contributed by atoms with Gasteiger partial charge in [-0.05, 0) is 24.1 Å². The van der Waals surface area contributed by atoms with Gasteiger partial charge in [-0.2, -0.15) is 12.7 Å². The fraction of sp³-hybridized carbons (Fsp3) is 0.278. The summed E-state index contributed by atoms with van der Waals surface area (Å²) >= 11 is 12.2. The van der Waals surface area contributed by atoms with Crippen LogP contribution in [-0.2, 0) is 19.7 Å². The Morgan fingerprint density at radius 3 is 2.59 bits per heavy atom. The number of benzene rings is 1. The third-order valence-corrected chi connectivity index (χ3v) is 6.36. The van der Waals surface area contributed by atoms with Gasteiger partial charge in [0.25, 0.3) is 0 Å². The molecule has 1 heterocycles. The van der Waals surface area contributed by atoms with Crippen LogP contribution in [0.2, 0.25) is 10.0 Å². The minimum Gasteiger partial charge on any atom is -0.458 e. The van der Waals surface area contributed by atoms with Crippen molar-refractivity contribution in [1.82, 2.24) is 8.61 Å². The van der Waals surface area contributed by atoms with Crippen LogP contribution in [0, 0.1) is 0 Å². The SMILES string of the molecule is C=CCCN1C=C(C(=O)OCC=C)C(c2ccc(Cl)cc2Cl)N(C)S1(=O)=O. The molecular weight excluding hydrogens is 411 g/mol. The molecule has 9 heteroatoms. The highest BCUT2D eigenvalue weighted by molar-refractivity contribution is 7.86. The largest absolute Gasteiger partial charge is 0.458 e. The van der Waals surface area contributed by atoms with E-state index in [-0.39, 0.29) is 23.7 Å². The number of esters is 1. The van der Waals surface area contributed by atoms with E-state index in [1.165, 1.54) is 25.4 Å². The zero-order valence-electron chi connectivity index (χ0n) is 14.8. The van der Waals surface area contributed by atoms with E-state index >= 15 is 0 Å². The lowest BCUT2D eigenvalue weighted by Gasteiger charge is -2.38. The number of carbonyl (C=O) groups is 1. The van der Waals surface area contributed by atoms with E-state index in [2.05, 4.69) is 13.2 Å². The molecule has 0 bridgehead atoms. The molecule has 1 aromatic rings. The average molecular weight is 431 g/mol. The van der Waals surface area contributed by atoms with Gasteiger partial charge < -0.3 is 4.74 Å². The van der Waals surface area contributed by atoms with E-state index < -0.39 is 22.2 Å². The number of likely N-dealkylation sites (N-methyl/N-ethyl adjacent to an activating group) is 1. The van der Waals surface area contributed by atoms with Crippen LogP contribution in [0.3, 0.4) is 0 Å². The maximum atomic E-state index is 12.9. The van der Waals surface area contributed by atoms with Gasteiger partial charge in [0.05, 0.1) is 11.6 Å². The van der Waals surface area contributed by atoms with Crippen molar-refractivity contribution in [3.63, 3.8) is 0 Å². The van der Waals surface area contributed by atoms with E-state index in [1.807, 2.05) is 0 Å². The standard InChI is InChI=1S/C18H20Cl2N2O4S/c1-4-6-9-22-12-15(18(23)26-10-5-2)17(21(3)27(22,24)25)14-8-7-13(19)11-16(14)20/h4-5,7-8,11-12,17H,1-2,6,9-10H2,3H3. The fourth-order valence-corrected chi connectivity index (χ4v) is 4.57. The summed E-state index contributed by atoms with van der Waals surface area (Å²) in [5, 5.41) is 0.647. The number of hydrogen-bond acceptors (Lipinski definition) is 4. The lowest BCUT2D eigenvalue weighted by Crippen LogP contribution is -2.47. The molecule has 1 aromatic carbocycles. The minimum atomic E-state index is -3.86. The lowest BCUT2D eigenvalue weighted by atomic mass is 9.99. The lowest BCUT2D eigenvalue weighted by molar-refractivity contribution is -0.138. The Bertz CT molecular complexity index is 883. The van der Waals surface area contributed by atoms with Gasteiger partial charge in [0.15, 0.2) is 0 Å². The van der Waals surface area contributed by atoms with Crippen LogP contribution in [0.1, 0.15) is 18.0 Å². The zero-order chi connectivity index (χ0) is 20.2. The Kier molecular flexibility index (Phi) is 7.11. The number of nitrogens with zero attached hydrogens (tertiary/aromatic N) is 2. The summed E-state index contributed by atoms with van der Waals surface area (Å²) in [6.07, 6.45) is 4.74. The Labute approximate surface area is 169 Å². The Morgan fingerprint density at radius 2 is 2.00 bits per heavy atom. The number of hydrogen-bond donors (Lipinski definition) is 0. The smallest absolute Gasteiger partial charge is 0.337 e. The number of carbonyl (C=O) groups excluding carboxylic acids is 1. The first-order chi connectivity index (χ1) is 12.7. The van der Waals surface area contributed by atoms with Crippen molar-refractivity contribution in [2.45, 2.75) is 12.5 Å². The van der Waals surface area contributed by atoms with Crippen LogP contribution in [0.5, 0.6) is 0 Å². The topological polar surface area (TPSA) is 66.9 Å². The third kappa shape index (κ3) is 4.55. The highest BCUT2D eigenvalue weighted by Crippen LogP contribution is 2.39. The fourth-order valence-electron chi connectivity index (χ4n) is 2.65. The second-order valence-electron chi connectivity index (χ2n) is 5.75. The maximum absolute atomic E-state index is 12.9. The highest BCUT2D eigenvalue weighted by Gasteiger charge is 2.42. The molecule has 1 aliphatic rings. The molecule has 0 saturated heterocycles. The molecule has 0 spiro atoms. The van der Waals surface area contributed by atoms with Crippen LogP contribution in [0.25, 0.3) is 0 Å². The van der Waals surface area contributed by atoms with Crippen molar-refractivity contribution >= 4 is 39.4 Å². The van der Waals surface area contributed by atoms with Crippen LogP contribution < -0.4 is 0 Å². The molecule has 0 aromatic heterocycles. The Balaban J connectivity index is 2.60. The molecule has 27 heavy (non-hydrogen) atoms. The molecule has 0 radical (unpaired) electrons. The van der Waals surface area contributed by atoms with Crippen molar-refractivity contribution in [2.24, 2.45) is 0 Å². The van der Waals surface area contributed by atoms with E-state index in [0.29, 0.717) is 17.0 Å². The normalized spacial score (nSPS) is 19.3. The summed E-state index contributed by atoms with van der Waals surface area (Å²) < 4.78 is 33.1. The molecule has 2 rings (SSSR count). The predicted molar refractivity (Wildman–Crippen MR) is 107 cm³/mol. The van der Waals surface area contributed by atoms with Crippen LogP contribution >= 0.6 is 23.2 Å². The molecule has 1 unspecified atom stereocenters. The van der Waals surface area contributed by atoms with E-state index in [0.717, 1.165) is 8.61 Å². The quantitative estimate of drug-likeness (QED) is 0.488. The van der Waals surface area contributed by atoms with Crippen molar-refractivity contribution in [1.29, 1.82) is 0 Å². The summed E-state index contributed by atoms with van der Waals surface area (Å²) in [5.74, 6) is -0.656. The summed E-state index contributed by atoms with van der Waals surface area (Å²) in [6.45, 7) is 7.26. The molecule has 1 atom stereocenters. The predicted octanol–water partition coefficient (Wildman–Crippen LogP) is 3.72. The van der Waals surface area contributed by atoms with Gasteiger partial charge in [-0.25, -0.2) is 4.79 Å². The van der Waals surface area contributed by atoms with Gasteiger partial charge in [0.1, 0.15) is 6.61 Å². The monoisotopic (exact) mass is 430 g/mol. The number of rotatable bonds is 7. The molecule has 0 saturated carbocycles. The first-order valence-electron chi connectivity index (χ1n) is 8.04. The summed E-state index contributed by atoms with van der Waals surface area (Å²) in [5.41, 5.74) is 0.569. The van der Waals surface area contributed by atoms with Crippen LogP contribution in [0.4, 0.5) is 0 Å². The van der Waals surface area contributed by atoms with E-state index in [4.69, 9.17) is 27.9 Å². The molecule has 0 N–H and O–H groups in total. The maximum Gasteiger partial charge on any atom is 0.337 e. The third-order valence-electron chi connectivity index (χ3n) is 3.98. The van der Waals surface area contributed by atoms with Gasteiger partial charge in [-0.15, -0.1) is 6.58 Å². The van der Waals surface area contributed by atoms with Crippen LogP contribution in [0.15, 0.2) is 55.3 Å². The molecule has 0 aliphatic carbocycles. The second kappa shape index (κ2) is 8.93. The van der Waals surface area contributed by atoms with Gasteiger partial charge in [-0.3, -0.25) is 4.31 Å². The molecule has 0 fully saturated rings. The number of halogens is 2. The zero-order valence-corrected chi connectivity index (χ0v) is 17.1. The summed E-state index contributed by atoms with van der Waals surface area (Å²) in [7, 11) is -2.47. The molecule has 0 amide bonds. The highest BCUT2D eigenvalue weighted by atomic mass is 35.5. The Hall–Kier alpha value is -1.80. The van der Waals surface area contributed by atoms with E-state index in [1.54, 1.807) is 18.2 Å². The molecular formula is C18H20Cl2N2O4S. The summed E-state index contributed by atoms with van der Waals surface area (Å²) in [4.78, 5) is 12.6.